The summed E-state index contributed by atoms with van der Waals surface area (Å²) in [6.07, 6.45) is 0.167. The molecule has 2 aliphatic rings. The summed E-state index contributed by atoms with van der Waals surface area (Å²) in [6, 6.07) is 14.4. The van der Waals surface area contributed by atoms with Gasteiger partial charge in [-0.15, -0.1) is 11.3 Å². The molecule has 4 heteroatoms. The number of anilines is 1. The highest BCUT2D eigenvalue weighted by molar-refractivity contribution is 7.10. The van der Waals surface area contributed by atoms with Crippen LogP contribution in [0.4, 0.5) is 5.69 Å². The molecule has 2 aromatic carbocycles. The smallest absolute Gasteiger partial charge is 0.160 e. The van der Waals surface area contributed by atoms with Gasteiger partial charge in [0.15, 0.2) is 6.23 Å². The van der Waals surface area contributed by atoms with Crippen molar-refractivity contribution >= 4 is 17.0 Å². The van der Waals surface area contributed by atoms with Gasteiger partial charge in [-0.3, -0.25) is 0 Å². The van der Waals surface area contributed by atoms with Crippen molar-refractivity contribution < 1.29 is 9.84 Å². The highest BCUT2D eigenvalue weighted by Gasteiger charge is 2.45. The third-order valence-electron chi connectivity index (χ3n) is 5.06. The Hall–Kier alpha value is -2.30. The Balaban J connectivity index is 1.74. The Morgan fingerprint density at radius 1 is 1.04 bits per heavy atom. The molecule has 0 spiro atoms. The lowest BCUT2D eigenvalue weighted by Gasteiger charge is -2.17. The minimum Gasteiger partial charge on any atom is -0.507 e. The highest BCUT2D eigenvalue weighted by Crippen LogP contribution is 2.54. The van der Waals surface area contributed by atoms with Crippen LogP contribution in [-0.2, 0) is 4.74 Å². The molecule has 3 nitrogen and oxygen atoms in total. The summed E-state index contributed by atoms with van der Waals surface area (Å²) in [5.41, 5.74) is 6.48. The number of benzene rings is 2. The number of hydrogen-bond donors (Lipinski definition) is 2. The molecule has 2 atom stereocenters. The van der Waals surface area contributed by atoms with Gasteiger partial charge in [0.05, 0.1) is 0 Å². The van der Waals surface area contributed by atoms with Gasteiger partial charge in [0.2, 0.25) is 0 Å². The molecule has 0 aliphatic carbocycles. The van der Waals surface area contributed by atoms with Crippen LogP contribution >= 0.6 is 11.3 Å². The average Bonchev–Trinajstić information content (AvgIpc) is 3.22. The van der Waals surface area contributed by atoms with Crippen molar-refractivity contribution in [3.8, 4) is 28.0 Å². The molecular formula is C21H19NO2S. The first-order valence-corrected chi connectivity index (χ1v) is 9.47. The van der Waals surface area contributed by atoms with E-state index in [4.69, 9.17) is 4.74 Å². The maximum Gasteiger partial charge on any atom is 0.160 e. The topological polar surface area (TPSA) is 44.8 Å². The molecule has 0 saturated carbocycles. The van der Waals surface area contributed by atoms with Crippen molar-refractivity contribution in [2.24, 2.45) is 0 Å². The number of phenols is 1. The molecule has 1 fully saturated rings. The average molecular weight is 349 g/mol. The van der Waals surface area contributed by atoms with E-state index in [1.54, 1.807) is 17.4 Å². The molecule has 2 aliphatic heterocycles. The van der Waals surface area contributed by atoms with E-state index in [9.17, 15) is 5.11 Å². The van der Waals surface area contributed by atoms with Gasteiger partial charge in [0.1, 0.15) is 11.9 Å². The van der Waals surface area contributed by atoms with Crippen molar-refractivity contribution in [3.05, 3.63) is 58.3 Å². The molecule has 2 unspecified atom stereocenters. The molecule has 126 valence electrons. The first-order valence-electron chi connectivity index (χ1n) is 8.59. The van der Waals surface area contributed by atoms with Gasteiger partial charge >= 0.3 is 0 Å². The molecule has 5 rings (SSSR count). The maximum atomic E-state index is 10.7. The van der Waals surface area contributed by atoms with Crippen LogP contribution in [0.5, 0.6) is 5.75 Å². The molecular weight excluding hydrogens is 330 g/mol. The molecule has 3 aromatic rings. The van der Waals surface area contributed by atoms with Crippen molar-refractivity contribution in [1.82, 2.24) is 0 Å². The molecule has 0 radical (unpaired) electrons. The zero-order valence-electron chi connectivity index (χ0n) is 14.1. The van der Waals surface area contributed by atoms with E-state index in [1.165, 1.54) is 10.4 Å². The molecule has 25 heavy (non-hydrogen) atoms. The highest BCUT2D eigenvalue weighted by atomic mass is 32.1. The number of hydrogen-bond acceptors (Lipinski definition) is 4. The van der Waals surface area contributed by atoms with E-state index < -0.39 is 0 Å². The van der Waals surface area contributed by atoms with E-state index in [1.807, 2.05) is 6.07 Å². The van der Waals surface area contributed by atoms with E-state index in [0.29, 0.717) is 11.7 Å². The zero-order valence-corrected chi connectivity index (χ0v) is 14.9. The predicted molar refractivity (Wildman–Crippen MR) is 102 cm³/mol. The van der Waals surface area contributed by atoms with Crippen LogP contribution in [0.25, 0.3) is 22.3 Å². The number of aromatic hydroxyl groups is 1. The third kappa shape index (κ3) is 2.29. The Bertz CT molecular complexity index is 959. The summed E-state index contributed by atoms with van der Waals surface area (Å²) in [4.78, 5) is 1.24. The molecule has 1 aromatic heterocycles. The van der Waals surface area contributed by atoms with Gasteiger partial charge in [-0.2, -0.15) is 0 Å². The Morgan fingerprint density at radius 3 is 2.60 bits per heavy atom. The number of ether oxygens (including phenoxy) is 1. The van der Waals surface area contributed by atoms with Crippen molar-refractivity contribution in [2.45, 2.75) is 32.1 Å². The summed E-state index contributed by atoms with van der Waals surface area (Å²) < 4.78 is 5.75. The number of thiophene rings is 1. The SMILES string of the molecule is CC(C)c1ccc(-c2c(O)ccc3c2-c2ccsc2C2OC2N3)cc1. The maximum absolute atomic E-state index is 10.7. The standard InChI is InChI=1S/C21H19NO2S/c1-11(2)12-3-5-13(6-4-12)17-16(23)8-7-15-18(17)14-9-10-25-20(14)19-21(22-15)24-19/h3-11,19,21-23H,1-2H3. The zero-order chi connectivity index (χ0) is 17.1. The fraction of sp³-hybridized carbons (Fsp3) is 0.238. The minimum atomic E-state index is 0.0411. The Kier molecular flexibility index (Phi) is 3.21. The molecule has 0 amide bonds. The van der Waals surface area contributed by atoms with Gasteiger partial charge in [0, 0.05) is 27.3 Å². The first kappa shape index (κ1) is 15.0. The number of phenolic OH excluding ortho intramolecular Hbond substituents is 1. The van der Waals surface area contributed by atoms with Gasteiger partial charge in [-0.25, -0.2) is 0 Å². The second-order valence-corrected chi connectivity index (χ2v) is 7.93. The van der Waals surface area contributed by atoms with Gasteiger partial charge < -0.3 is 15.2 Å². The first-order chi connectivity index (χ1) is 12.1. The molecule has 1 saturated heterocycles. The second-order valence-electron chi connectivity index (χ2n) is 6.98. The van der Waals surface area contributed by atoms with Crippen LogP contribution in [-0.4, -0.2) is 11.3 Å². The fourth-order valence-corrected chi connectivity index (χ4v) is 4.60. The van der Waals surface area contributed by atoms with E-state index in [0.717, 1.165) is 27.9 Å². The van der Waals surface area contributed by atoms with Crippen LogP contribution in [0.1, 0.15) is 36.3 Å². The monoisotopic (exact) mass is 349 g/mol. The summed E-state index contributed by atoms with van der Waals surface area (Å²) in [6.45, 7) is 4.38. The largest absolute Gasteiger partial charge is 0.507 e. The summed E-state index contributed by atoms with van der Waals surface area (Å²) in [7, 11) is 0. The van der Waals surface area contributed by atoms with Crippen molar-refractivity contribution in [3.63, 3.8) is 0 Å². The van der Waals surface area contributed by atoms with Crippen LogP contribution in [0.3, 0.4) is 0 Å². The quantitative estimate of drug-likeness (QED) is 0.458. The molecule has 3 heterocycles. The van der Waals surface area contributed by atoms with Crippen LogP contribution in [0.15, 0.2) is 47.8 Å². The third-order valence-corrected chi connectivity index (χ3v) is 6.04. The minimum absolute atomic E-state index is 0.0411. The molecule has 2 N–H and O–H groups in total. The molecule has 0 bridgehead atoms. The predicted octanol–water partition coefficient (Wildman–Crippen LogP) is 5.73. The van der Waals surface area contributed by atoms with Gasteiger partial charge in [-0.1, -0.05) is 38.1 Å². The lowest BCUT2D eigenvalue weighted by atomic mass is 9.91. The fourth-order valence-electron chi connectivity index (χ4n) is 3.64. The number of fused-ring (bicyclic) bond motifs is 5. The van der Waals surface area contributed by atoms with E-state index in [2.05, 4.69) is 54.9 Å². The summed E-state index contributed by atoms with van der Waals surface area (Å²) in [5, 5.41) is 16.2. The van der Waals surface area contributed by atoms with Crippen LogP contribution in [0.2, 0.25) is 0 Å². The van der Waals surface area contributed by atoms with E-state index >= 15 is 0 Å². The van der Waals surface area contributed by atoms with Gasteiger partial charge in [0.25, 0.3) is 0 Å². The van der Waals surface area contributed by atoms with E-state index in [-0.39, 0.29) is 12.3 Å². The lowest BCUT2D eigenvalue weighted by molar-refractivity contribution is 0.388. The van der Waals surface area contributed by atoms with Crippen LogP contribution < -0.4 is 5.32 Å². The Labute approximate surface area is 150 Å². The number of rotatable bonds is 2. The normalized spacial score (nSPS) is 20.3. The lowest BCUT2D eigenvalue weighted by Crippen LogP contribution is -2.03. The van der Waals surface area contributed by atoms with Crippen molar-refractivity contribution in [1.29, 1.82) is 0 Å². The van der Waals surface area contributed by atoms with Crippen LogP contribution in [0, 0.1) is 0 Å². The summed E-state index contributed by atoms with van der Waals surface area (Å²) >= 11 is 1.72. The summed E-state index contributed by atoms with van der Waals surface area (Å²) in [5.74, 6) is 0.802. The second kappa shape index (κ2) is 5.35. The number of nitrogens with one attached hydrogen (secondary N) is 1. The number of epoxide rings is 1. The Morgan fingerprint density at radius 2 is 1.84 bits per heavy atom. The van der Waals surface area contributed by atoms with Gasteiger partial charge in [-0.05, 0) is 40.6 Å². The van der Waals surface area contributed by atoms with Crippen molar-refractivity contribution in [2.75, 3.05) is 5.32 Å².